The lowest BCUT2D eigenvalue weighted by atomic mass is 10.0. The van der Waals surface area contributed by atoms with E-state index in [0.717, 1.165) is 25.9 Å². The molecule has 78 valence electrons. The number of hydrogen-bond donors (Lipinski definition) is 1. The van der Waals surface area contributed by atoms with Gasteiger partial charge in [-0.3, -0.25) is 4.79 Å². The lowest BCUT2D eigenvalue weighted by molar-refractivity contribution is -0.152. The number of carbonyl (C=O) groups excluding carboxylic acids is 1. The predicted molar refractivity (Wildman–Crippen MR) is 54.1 cm³/mol. The fourth-order valence-electron chi connectivity index (χ4n) is 1.38. The molecule has 0 radical (unpaired) electrons. The van der Waals surface area contributed by atoms with Crippen LogP contribution >= 0.6 is 12.4 Å². The molecule has 0 amide bonds. The Hall–Kier alpha value is -0.280. The standard InChI is InChI=1S/C9H17NO2.ClH/c1-7(2)12-9(11)8-4-3-5-10-6-8;/h7-8,10H,3-6H2,1-2H3;1H. The fraction of sp³-hybridized carbons (Fsp3) is 0.889. The topological polar surface area (TPSA) is 38.3 Å². The molecule has 1 fully saturated rings. The highest BCUT2D eigenvalue weighted by molar-refractivity contribution is 5.85. The first-order valence-corrected chi connectivity index (χ1v) is 4.61. The normalized spacial score (nSPS) is 22.2. The van der Waals surface area contributed by atoms with Gasteiger partial charge in [0.1, 0.15) is 0 Å². The molecule has 1 unspecified atom stereocenters. The molecule has 0 saturated carbocycles. The van der Waals surface area contributed by atoms with Gasteiger partial charge in [-0.15, -0.1) is 12.4 Å². The molecule has 0 bridgehead atoms. The molecule has 1 saturated heterocycles. The third-order valence-corrected chi connectivity index (χ3v) is 1.98. The zero-order valence-electron chi connectivity index (χ0n) is 8.21. The number of ether oxygens (including phenoxy) is 1. The van der Waals surface area contributed by atoms with Crippen LogP contribution in [0.1, 0.15) is 26.7 Å². The van der Waals surface area contributed by atoms with Gasteiger partial charge in [0.15, 0.2) is 0 Å². The second-order valence-corrected chi connectivity index (χ2v) is 3.53. The molecule has 0 aromatic heterocycles. The number of hydrogen-bond acceptors (Lipinski definition) is 3. The Kier molecular flexibility index (Phi) is 6.08. The van der Waals surface area contributed by atoms with E-state index >= 15 is 0 Å². The van der Waals surface area contributed by atoms with Crippen molar-refractivity contribution in [1.82, 2.24) is 5.32 Å². The van der Waals surface area contributed by atoms with Crippen molar-refractivity contribution >= 4 is 18.4 Å². The summed E-state index contributed by atoms with van der Waals surface area (Å²) in [4.78, 5) is 11.3. The van der Waals surface area contributed by atoms with E-state index in [4.69, 9.17) is 4.74 Å². The third-order valence-electron chi connectivity index (χ3n) is 1.98. The lowest BCUT2D eigenvalue weighted by Gasteiger charge is -2.22. The van der Waals surface area contributed by atoms with Gasteiger partial charge in [0.05, 0.1) is 12.0 Å². The van der Waals surface area contributed by atoms with E-state index in [0.29, 0.717) is 0 Å². The van der Waals surface area contributed by atoms with Crippen molar-refractivity contribution in [1.29, 1.82) is 0 Å². The molecule has 13 heavy (non-hydrogen) atoms. The molecular formula is C9H18ClNO2. The first kappa shape index (κ1) is 12.7. The Bertz CT molecular complexity index is 156. The van der Waals surface area contributed by atoms with Gasteiger partial charge in [-0.2, -0.15) is 0 Å². The largest absolute Gasteiger partial charge is 0.463 e. The number of piperidine rings is 1. The summed E-state index contributed by atoms with van der Waals surface area (Å²) in [6.45, 7) is 5.58. The Labute approximate surface area is 85.6 Å². The van der Waals surface area contributed by atoms with Crippen molar-refractivity contribution < 1.29 is 9.53 Å². The molecule has 1 atom stereocenters. The van der Waals surface area contributed by atoms with Crippen LogP contribution in [0.2, 0.25) is 0 Å². The zero-order chi connectivity index (χ0) is 8.97. The van der Waals surface area contributed by atoms with Crippen LogP contribution in [0.15, 0.2) is 0 Å². The highest BCUT2D eigenvalue weighted by Gasteiger charge is 2.22. The second kappa shape index (κ2) is 6.22. The molecule has 0 spiro atoms. The molecule has 1 N–H and O–H groups in total. The molecule has 1 heterocycles. The molecule has 0 aliphatic carbocycles. The summed E-state index contributed by atoms with van der Waals surface area (Å²) in [5, 5.41) is 3.19. The molecule has 0 aromatic carbocycles. The molecule has 3 nitrogen and oxygen atoms in total. The molecular weight excluding hydrogens is 190 g/mol. The molecule has 1 aliphatic heterocycles. The summed E-state index contributed by atoms with van der Waals surface area (Å²) < 4.78 is 5.11. The smallest absolute Gasteiger partial charge is 0.310 e. The summed E-state index contributed by atoms with van der Waals surface area (Å²) in [6, 6.07) is 0. The lowest BCUT2D eigenvalue weighted by Crippen LogP contribution is -2.36. The van der Waals surface area contributed by atoms with Crippen molar-refractivity contribution in [2.45, 2.75) is 32.8 Å². The van der Waals surface area contributed by atoms with Crippen LogP contribution in [0.25, 0.3) is 0 Å². The van der Waals surface area contributed by atoms with Gasteiger partial charge in [0.25, 0.3) is 0 Å². The summed E-state index contributed by atoms with van der Waals surface area (Å²) >= 11 is 0. The van der Waals surface area contributed by atoms with E-state index < -0.39 is 0 Å². The average molecular weight is 208 g/mol. The van der Waals surface area contributed by atoms with Gasteiger partial charge in [-0.05, 0) is 33.2 Å². The average Bonchev–Trinajstić information content (AvgIpc) is 2.05. The van der Waals surface area contributed by atoms with Crippen molar-refractivity contribution in [3.63, 3.8) is 0 Å². The number of nitrogens with one attached hydrogen (secondary N) is 1. The summed E-state index contributed by atoms with van der Waals surface area (Å²) in [5.41, 5.74) is 0. The van der Waals surface area contributed by atoms with Gasteiger partial charge in [-0.25, -0.2) is 0 Å². The predicted octanol–water partition coefficient (Wildman–Crippen LogP) is 1.36. The van der Waals surface area contributed by atoms with E-state index in [-0.39, 0.29) is 30.4 Å². The quantitative estimate of drug-likeness (QED) is 0.695. The SMILES string of the molecule is CC(C)OC(=O)C1CCCNC1.Cl. The highest BCUT2D eigenvalue weighted by atomic mass is 35.5. The van der Waals surface area contributed by atoms with Crippen LogP contribution in [0.5, 0.6) is 0 Å². The van der Waals surface area contributed by atoms with Crippen LogP contribution in [-0.4, -0.2) is 25.2 Å². The first-order chi connectivity index (χ1) is 5.70. The molecule has 4 heteroatoms. The first-order valence-electron chi connectivity index (χ1n) is 4.61. The minimum atomic E-state index is -0.0443. The van der Waals surface area contributed by atoms with E-state index in [1.165, 1.54) is 0 Å². The van der Waals surface area contributed by atoms with Crippen LogP contribution in [0, 0.1) is 5.92 Å². The van der Waals surface area contributed by atoms with E-state index in [1.807, 2.05) is 13.8 Å². The minimum absolute atomic E-state index is 0. The summed E-state index contributed by atoms with van der Waals surface area (Å²) in [6.07, 6.45) is 2.07. The number of halogens is 1. The van der Waals surface area contributed by atoms with Crippen LogP contribution in [0.3, 0.4) is 0 Å². The summed E-state index contributed by atoms with van der Waals surface area (Å²) in [5.74, 6) is 0.0401. The summed E-state index contributed by atoms with van der Waals surface area (Å²) in [7, 11) is 0. The van der Waals surface area contributed by atoms with Gasteiger partial charge in [0.2, 0.25) is 0 Å². The molecule has 0 aromatic rings. The van der Waals surface area contributed by atoms with E-state index in [1.54, 1.807) is 0 Å². The van der Waals surface area contributed by atoms with Gasteiger partial charge >= 0.3 is 5.97 Å². The van der Waals surface area contributed by atoms with Gasteiger partial charge < -0.3 is 10.1 Å². The van der Waals surface area contributed by atoms with Crippen LogP contribution in [-0.2, 0) is 9.53 Å². The maximum atomic E-state index is 11.3. The second-order valence-electron chi connectivity index (χ2n) is 3.53. The Morgan fingerprint density at radius 1 is 1.54 bits per heavy atom. The number of carbonyl (C=O) groups is 1. The van der Waals surface area contributed by atoms with Crippen LogP contribution < -0.4 is 5.32 Å². The highest BCUT2D eigenvalue weighted by Crippen LogP contribution is 2.12. The molecule has 1 aliphatic rings. The van der Waals surface area contributed by atoms with E-state index in [2.05, 4.69) is 5.32 Å². The Balaban J connectivity index is 0.00000144. The third kappa shape index (κ3) is 4.48. The van der Waals surface area contributed by atoms with Crippen molar-refractivity contribution in [3.05, 3.63) is 0 Å². The Morgan fingerprint density at radius 3 is 2.69 bits per heavy atom. The maximum absolute atomic E-state index is 11.3. The van der Waals surface area contributed by atoms with E-state index in [9.17, 15) is 4.79 Å². The monoisotopic (exact) mass is 207 g/mol. The van der Waals surface area contributed by atoms with Crippen molar-refractivity contribution in [3.8, 4) is 0 Å². The zero-order valence-corrected chi connectivity index (χ0v) is 9.02. The van der Waals surface area contributed by atoms with Crippen LogP contribution in [0.4, 0.5) is 0 Å². The van der Waals surface area contributed by atoms with Crippen molar-refractivity contribution in [2.24, 2.45) is 5.92 Å². The number of rotatable bonds is 2. The maximum Gasteiger partial charge on any atom is 0.310 e. The molecule has 1 rings (SSSR count). The minimum Gasteiger partial charge on any atom is -0.463 e. The van der Waals surface area contributed by atoms with Crippen molar-refractivity contribution in [2.75, 3.05) is 13.1 Å². The number of esters is 1. The fourth-order valence-corrected chi connectivity index (χ4v) is 1.38. The van der Waals surface area contributed by atoms with Gasteiger partial charge in [0, 0.05) is 6.54 Å². The van der Waals surface area contributed by atoms with Gasteiger partial charge in [-0.1, -0.05) is 0 Å². The Morgan fingerprint density at radius 2 is 2.23 bits per heavy atom.